The van der Waals surface area contributed by atoms with E-state index < -0.39 is 30.4 Å². The fraction of sp³-hybridized carbons (Fsp3) is 0.391. The van der Waals surface area contributed by atoms with Gasteiger partial charge >= 0.3 is 18.3 Å². The first-order chi connectivity index (χ1) is 15.7. The first-order valence-corrected chi connectivity index (χ1v) is 10.7. The molecule has 10 heteroatoms. The van der Waals surface area contributed by atoms with Crippen LogP contribution in [0.1, 0.15) is 29.5 Å². The van der Waals surface area contributed by atoms with Crippen molar-refractivity contribution >= 4 is 17.8 Å². The van der Waals surface area contributed by atoms with Gasteiger partial charge in [0.2, 0.25) is 0 Å². The molecule has 1 heterocycles. The minimum atomic E-state index is -4.64. The Morgan fingerprint density at radius 1 is 1.09 bits per heavy atom. The monoisotopic (exact) mass is 464 g/mol. The van der Waals surface area contributed by atoms with Crippen molar-refractivity contribution in [1.82, 2.24) is 9.80 Å². The zero-order valence-corrected chi connectivity index (χ0v) is 18.0. The average molecular weight is 464 g/mol. The minimum Gasteiger partial charge on any atom is -0.465 e. The Morgan fingerprint density at radius 2 is 1.73 bits per heavy atom. The van der Waals surface area contributed by atoms with Gasteiger partial charge < -0.3 is 21.1 Å². The van der Waals surface area contributed by atoms with Crippen molar-refractivity contribution in [2.24, 2.45) is 5.73 Å². The predicted octanol–water partition coefficient (Wildman–Crippen LogP) is 4.38. The number of urea groups is 1. The van der Waals surface area contributed by atoms with Gasteiger partial charge in [-0.3, -0.25) is 0 Å². The Balaban J connectivity index is 1.61. The summed E-state index contributed by atoms with van der Waals surface area (Å²) in [7, 11) is 0. The van der Waals surface area contributed by atoms with Crippen molar-refractivity contribution in [1.29, 1.82) is 0 Å². The topological polar surface area (TPSA) is 98.9 Å². The highest BCUT2D eigenvalue weighted by Crippen LogP contribution is 2.32. The van der Waals surface area contributed by atoms with Crippen LogP contribution in [0, 0.1) is 0 Å². The van der Waals surface area contributed by atoms with Crippen molar-refractivity contribution in [2.75, 3.05) is 25.0 Å². The summed E-state index contributed by atoms with van der Waals surface area (Å²) in [4.78, 5) is 26.3. The number of nitrogens with one attached hydrogen (secondary N) is 1. The molecule has 0 spiro atoms. The molecule has 0 radical (unpaired) electrons. The smallest absolute Gasteiger partial charge is 0.416 e. The van der Waals surface area contributed by atoms with Crippen LogP contribution in [0.4, 0.5) is 28.4 Å². The molecule has 0 saturated carbocycles. The van der Waals surface area contributed by atoms with Crippen LogP contribution < -0.4 is 11.1 Å². The van der Waals surface area contributed by atoms with Gasteiger partial charge in [-0.1, -0.05) is 30.3 Å². The van der Waals surface area contributed by atoms with Crippen LogP contribution in [0.2, 0.25) is 0 Å². The summed E-state index contributed by atoms with van der Waals surface area (Å²) in [6.07, 6.45) is -4.26. The van der Waals surface area contributed by atoms with Gasteiger partial charge in [-0.05, 0) is 55.1 Å². The number of carbonyl (C=O) groups excluding carboxylic acids is 1. The van der Waals surface area contributed by atoms with Gasteiger partial charge in [0.1, 0.15) is 0 Å². The molecule has 7 nitrogen and oxygen atoms in total. The second-order valence-corrected chi connectivity index (χ2v) is 7.95. The molecule has 1 aliphatic heterocycles. The van der Waals surface area contributed by atoms with Crippen molar-refractivity contribution in [3.63, 3.8) is 0 Å². The molecule has 3 amide bonds. The van der Waals surface area contributed by atoms with Crippen LogP contribution >= 0.6 is 0 Å². The van der Waals surface area contributed by atoms with E-state index in [2.05, 4.69) is 5.32 Å². The molecule has 178 valence electrons. The molecule has 1 aliphatic rings. The SMILES string of the molecule is NCCc1ccc(NC2CCN(C(=O)N(Cc3ccccc3C(F)(F)F)C(=O)O)CC2)cc1. The number of carbonyl (C=O) groups is 2. The molecule has 2 aromatic rings. The van der Waals surface area contributed by atoms with Gasteiger partial charge in [0.25, 0.3) is 0 Å². The lowest BCUT2D eigenvalue weighted by Crippen LogP contribution is -2.50. The van der Waals surface area contributed by atoms with Gasteiger partial charge in [-0.25, -0.2) is 14.5 Å². The number of alkyl halides is 3. The van der Waals surface area contributed by atoms with Gasteiger partial charge in [-0.15, -0.1) is 0 Å². The standard InChI is InChI=1S/C23H27F3N4O3/c24-23(25,26)20-4-2-1-3-17(20)15-30(22(32)33)21(31)29-13-10-19(11-14-29)28-18-7-5-16(6-8-18)9-12-27/h1-8,19,28H,9-15,27H2,(H,32,33). The fourth-order valence-electron chi connectivity index (χ4n) is 3.88. The lowest BCUT2D eigenvalue weighted by atomic mass is 10.0. The number of carboxylic acid groups (broad SMARTS) is 1. The molecular formula is C23H27F3N4O3. The molecule has 2 aromatic carbocycles. The van der Waals surface area contributed by atoms with Gasteiger partial charge in [0.15, 0.2) is 0 Å². The fourth-order valence-corrected chi connectivity index (χ4v) is 3.88. The van der Waals surface area contributed by atoms with Gasteiger partial charge in [-0.2, -0.15) is 13.2 Å². The maximum atomic E-state index is 13.3. The maximum absolute atomic E-state index is 13.3. The second kappa shape index (κ2) is 10.6. The highest BCUT2D eigenvalue weighted by molar-refractivity contribution is 5.90. The van der Waals surface area contributed by atoms with Crippen molar-refractivity contribution in [3.05, 3.63) is 65.2 Å². The Labute approximate surface area is 190 Å². The van der Waals surface area contributed by atoms with E-state index >= 15 is 0 Å². The van der Waals surface area contributed by atoms with Crippen LogP contribution in [0.3, 0.4) is 0 Å². The molecule has 0 unspecified atom stereocenters. The molecule has 1 fully saturated rings. The molecule has 3 rings (SSSR count). The Hall–Kier alpha value is -3.27. The number of likely N-dealkylation sites (tertiary alicyclic amines) is 1. The normalized spacial score (nSPS) is 14.7. The summed E-state index contributed by atoms with van der Waals surface area (Å²) in [6.45, 7) is 0.504. The third kappa shape index (κ3) is 6.38. The van der Waals surface area contributed by atoms with E-state index in [0.29, 0.717) is 37.4 Å². The molecule has 0 atom stereocenters. The Morgan fingerprint density at radius 3 is 2.30 bits per heavy atom. The van der Waals surface area contributed by atoms with E-state index in [9.17, 15) is 27.9 Å². The molecule has 4 N–H and O–H groups in total. The van der Waals surface area contributed by atoms with Crippen LogP contribution in [-0.2, 0) is 19.1 Å². The molecule has 0 aromatic heterocycles. The number of hydrogen-bond donors (Lipinski definition) is 3. The highest BCUT2D eigenvalue weighted by Gasteiger charge is 2.36. The van der Waals surface area contributed by atoms with E-state index in [1.807, 2.05) is 24.3 Å². The number of benzene rings is 2. The lowest BCUT2D eigenvalue weighted by molar-refractivity contribution is -0.138. The zero-order chi connectivity index (χ0) is 24.0. The first kappa shape index (κ1) is 24.4. The Bertz CT molecular complexity index is 958. The van der Waals surface area contributed by atoms with Crippen molar-refractivity contribution < 1.29 is 27.9 Å². The summed E-state index contributed by atoms with van der Waals surface area (Å²) in [5.41, 5.74) is 6.42. The third-order valence-corrected chi connectivity index (χ3v) is 5.64. The van der Waals surface area contributed by atoms with E-state index in [-0.39, 0.29) is 11.6 Å². The number of anilines is 1. The average Bonchev–Trinajstić information content (AvgIpc) is 2.78. The highest BCUT2D eigenvalue weighted by atomic mass is 19.4. The number of imide groups is 1. The molecule has 0 bridgehead atoms. The predicted molar refractivity (Wildman–Crippen MR) is 118 cm³/mol. The van der Waals surface area contributed by atoms with E-state index in [0.717, 1.165) is 23.7 Å². The Kier molecular flexibility index (Phi) is 7.80. The summed E-state index contributed by atoms with van der Waals surface area (Å²) in [6, 6.07) is 11.9. The zero-order valence-electron chi connectivity index (χ0n) is 18.0. The summed E-state index contributed by atoms with van der Waals surface area (Å²) >= 11 is 0. The number of halogens is 3. The largest absolute Gasteiger partial charge is 0.465 e. The second-order valence-electron chi connectivity index (χ2n) is 7.95. The van der Waals surface area contributed by atoms with Crippen molar-refractivity contribution in [2.45, 2.75) is 38.0 Å². The minimum absolute atomic E-state index is 0.0960. The lowest BCUT2D eigenvalue weighted by Gasteiger charge is -2.35. The summed E-state index contributed by atoms with van der Waals surface area (Å²) < 4.78 is 39.8. The number of piperidine rings is 1. The summed E-state index contributed by atoms with van der Waals surface area (Å²) in [5, 5.41) is 12.9. The molecule has 1 saturated heterocycles. The third-order valence-electron chi connectivity index (χ3n) is 5.64. The van der Waals surface area contributed by atoms with Crippen molar-refractivity contribution in [3.8, 4) is 0 Å². The maximum Gasteiger partial charge on any atom is 0.416 e. The molecule has 0 aliphatic carbocycles. The first-order valence-electron chi connectivity index (χ1n) is 10.7. The summed E-state index contributed by atoms with van der Waals surface area (Å²) in [5.74, 6) is 0. The number of amides is 3. The molecule has 33 heavy (non-hydrogen) atoms. The number of hydrogen-bond acceptors (Lipinski definition) is 4. The van der Waals surface area contributed by atoms with Crippen LogP contribution in [0.5, 0.6) is 0 Å². The van der Waals surface area contributed by atoms with Crippen LogP contribution in [0.25, 0.3) is 0 Å². The van der Waals surface area contributed by atoms with E-state index in [1.54, 1.807) is 0 Å². The number of rotatable bonds is 6. The number of nitrogens with two attached hydrogens (primary N) is 1. The number of nitrogens with zero attached hydrogens (tertiary/aromatic N) is 2. The van der Waals surface area contributed by atoms with Gasteiger partial charge in [0.05, 0.1) is 12.1 Å². The van der Waals surface area contributed by atoms with Gasteiger partial charge in [0, 0.05) is 24.8 Å². The van der Waals surface area contributed by atoms with Crippen LogP contribution in [-0.4, -0.2) is 52.7 Å². The quantitative estimate of drug-likeness (QED) is 0.589. The van der Waals surface area contributed by atoms with E-state index in [1.165, 1.54) is 23.1 Å². The van der Waals surface area contributed by atoms with E-state index in [4.69, 9.17) is 5.73 Å². The van der Waals surface area contributed by atoms with Crippen LogP contribution in [0.15, 0.2) is 48.5 Å². The molecular weight excluding hydrogens is 437 g/mol.